The van der Waals surface area contributed by atoms with Gasteiger partial charge in [-0.3, -0.25) is 9.78 Å². The summed E-state index contributed by atoms with van der Waals surface area (Å²) < 4.78 is 4.90. The molecule has 0 aliphatic rings. The Kier molecular flexibility index (Phi) is 5.32. The van der Waals surface area contributed by atoms with E-state index in [1.54, 1.807) is 7.11 Å². The highest BCUT2D eigenvalue weighted by molar-refractivity contribution is 5.91. The highest BCUT2D eigenvalue weighted by atomic mass is 16.5. The molecule has 0 unspecified atom stereocenters. The van der Waals surface area contributed by atoms with Gasteiger partial charge in [0.15, 0.2) is 0 Å². The van der Waals surface area contributed by atoms with Gasteiger partial charge in [-0.25, -0.2) is 4.98 Å². The minimum Gasteiger partial charge on any atom is -0.385 e. The number of carbonyl (C=O) groups is 1. The highest BCUT2D eigenvalue weighted by Gasteiger charge is 2.04. The maximum Gasteiger partial charge on any atom is 0.271 e. The number of hydrogen-bond donors (Lipinski definition) is 1. The molecule has 1 rings (SSSR count). The lowest BCUT2D eigenvalue weighted by Crippen LogP contribution is -2.25. The molecule has 0 saturated heterocycles. The van der Waals surface area contributed by atoms with Gasteiger partial charge >= 0.3 is 0 Å². The van der Waals surface area contributed by atoms with Crippen LogP contribution in [0.3, 0.4) is 0 Å². The quantitative estimate of drug-likeness (QED) is 0.698. The van der Waals surface area contributed by atoms with Crippen molar-refractivity contribution < 1.29 is 9.53 Å². The van der Waals surface area contributed by atoms with Crippen molar-refractivity contribution in [2.75, 3.05) is 20.3 Å². The molecule has 1 N–H and O–H groups in total. The molecule has 0 aliphatic carbocycles. The number of amides is 1. The average molecular weight is 209 g/mol. The number of unbranched alkanes of at least 4 members (excludes halogenated alkanes) is 1. The summed E-state index contributed by atoms with van der Waals surface area (Å²) in [5, 5.41) is 2.76. The van der Waals surface area contributed by atoms with E-state index in [0.717, 1.165) is 19.4 Å². The fourth-order valence-corrected chi connectivity index (χ4v) is 1.08. The first-order valence-corrected chi connectivity index (χ1v) is 4.87. The van der Waals surface area contributed by atoms with Gasteiger partial charge < -0.3 is 10.1 Å². The molecule has 0 aliphatic heterocycles. The predicted molar refractivity (Wildman–Crippen MR) is 55.5 cm³/mol. The Balaban J connectivity index is 2.20. The molecule has 0 spiro atoms. The van der Waals surface area contributed by atoms with Gasteiger partial charge in [-0.05, 0) is 12.8 Å². The van der Waals surface area contributed by atoms with Gasteiger partial charge in [-0.15, -0.1) is 0 Å². The molecule has 0 fully saturated rings. The summed E-state index contributed by atoms with van der Waals surface area (Å²) in [5.41, 5.74) is 0.351. The molecule has 1 aromatic rings. The van der Waals surface area contributed by atoms with E-state index in [-0.39, 0.29) is 5.91 Å². The molecule has 5 heteroatoms. The number of nitrogens with zero attached hydrogens (tertiary/aromatic N) is 2. The zero-order valence-electron chi connectivity index (χ0n) is 8.77. The molecule has 0 saturated carbocycles. The van der Waals surface area contributed by atoms with Crippen molar-refractivity contribution in [3.63, 3.8) is 0 Å². The van der Waals surface area contributed by atoms with Crippen molar-refractivity contribution in [2.24, 2.45) is 0 Å². The van der Waals surface area contributed by atoms with Crippen LogP contribution in [0.25, 0.3) is 0 Å². The van der Waals surface area contributed by atoms with Crippen LogP contribution in [0.2, 0.25) is 0 Å². The van der Waals surface area contributed by atoms with Gasteiger partial charge in [0.2, 0.25) is 0 Å². The second-order valence-corrected chi connectivity index (χ2v) is 3.05. The molecule has 0 radical (unpaired) electrons. The topological polar surface area (TPSA) is 64.1 Å². The van der Waals surface area contributed by atoms with Crippen molar-refractivity contribution in [2.45, 2.75) is 12.8 Å². The fourth-order valence-electron chi connectivity index (χ4n) is 1.08. The zero-order chi connectivity index (χ0) is 10.9. The number of methoxy groups -OCH3 is 1. The van der Waals surface area contributed by atoms with Gasteiger partial charge in [0.1, 0.15) is 5.69 Å². The fraction of sp³-hybridized carbons (Fsp3) is 0.500. The first-order valence-electron chi connectivity index (χ1n) is 4.87. The minimum atomic E-state index is -0.180. The lowest BCUT2D eigenvalue weighted by atomic mass is 10.3. The van der Waals surface area contributed by atoms with Crippen LogP contribution >= 0.6 is 0 Å². The molecule has 5 nitrogen and oxygen atoms in total. The van der Waals surface area contributed by atoms with Crippen molar-refractivity contribution >= 4 is 5.91 Å². The first-order chi connectivity index (χ1) is 7.34. The Hall–Kier alpha value is -1.49. The molecular formula is C10H15N3O2. The summed E-state index contributed by atoms with van der Waals surface area (Å²) in [6, 6.07) is 0. The van der Waals surface area contributed by atoms with E-state index >= 15 is 0 Å². The molecule has 15 heavy (non-hydrogen) atoms. The third kappa shape index (κ3) is 4.51. The van der Waals surface area contributed by atoms with Crippen LogP contribution in [-0.2, 0) is 4.74 Å². The number of nitrogens with one attached hydrogen (secondary N) is 1. The highest BCUT2D eigenvalue weighted by Crippen LogP contribution is 1.91. The standard InChI is InChI=1S/C10H15N3O2/c1-15-7-3-2-4-13-10(14)9-8-11-5-6-12-9/h5-6,8H,2-4,7H2,1H3,(H,13,14). The van der Waals surface area contributed by atoms with Gasteiger partial charge in [0, 0.05) is 32.7 Å². The van der Waals surface area contributed by atoms with Crippen LogP contribution < -0.4 is 5.32 Å². The summed E-state index contributed by atoms with van der Waals surface area (Å²) in [5.74, 6) is -0.180. The summed E-state index contributed by atoms with van der Waals surface area (Å²) in [6.45, 7) is 1.36. The lowest BCUT2D eigenvalue weighted by molar-refractivity contribution is 0.0946. The minimum absolute atomic E-state index is 0.180. The molecule has 0 bridgehead atoms. The maximum absolute atomic E-state index is 11.4. The summed E-state index contributed by atoms with van der Waals surface area (Å²) in [4.78, 5) is 19.1. The SMILES string of the molecule is COCCCCNC(=O)c1cnccn1. The van der Waals surface area contributed by atoms with E-state index in [0.29, 0.717) is 12.2 Å². The van der Waals surface area contributed by atoms with Crippen molar-refractivity contribution in [3.05, 3.63) is 24.3 Å². The van der Waals surface area contributed by atoms with Crippen molar-refractivity contribution in [1.82, 2.24) is 15.3 Å². The number of carbonyl (C=O) groups excluding carboxylic acids is 1. The van der Waals surface area contributed by atoms with Gasteiger partial charge in [0.25, 0.3) is 5.91 Å². The Morgan fingerprint density at radius 2 is 2.33 bits per heavy atom. The lowest BCUT2D eigenvalue weighted by Gasteiger charge is -2.03. The number of rotatable bonds is 6. The Morgan fingerprint density at radius 3 is 3.00 bits per heavy atom. The van der Waals surface area contributed by atoms with Crippen LogP contribution in [0, 0.1) is 0 Å². The second kappa shape index (κ2) is 6.89. The number of hydrogen-bond acceptors (Lipinski definition) is 4. The molecule has 0 atom stereocenters. The van der Waals surface area contributed by atoms with Crippen LogP contribution in [0.15, 0.2) is 18.6 Å². The van der Waals surface area contributed by atoms with Crippen molar-refractivity contribution in [1.29, 1.82) is 0 Å². The van der Waals surface area contributed by atoms with Crippen LogP contribution in [0.5, 0.6) is 0 Å². The first kappa shape index (κ1) is 11.6. The average Bonchev–Trinajstić information content (AvgIpc) is 2.30. The van der Waals surface area contributed by atoms with E-state index in [4.69, 9.17) is 4.74 Å². The van der Waals surface area contributed by atoms with Crippen molar-refractivity contribution in [3.8, 4) is 0 Å². The second-order valence-electron chi connectivity index (χ2n) is 3.05. The third-order valence-corrected chi connectivity index (χ3v) is 1.86. The van der Waals surface area contributed by atoms with Crippen LogP contribution in [0.1, 0.15) is 23.3 Å². The summed E-state index contributed by atoms with van der Waals surface area (Å²) in [7, 11) is 1.66. The molecule has 1 amide bonds. The van der Waals surface area contributed by atoms with E-state index in [1.807, 2.05) is 0 Å². The number of aromatic nitrogens is 2. The molecule has 1 aromatic heterocycles. The molecule has 0 aromatic carbocycles. The van der Waals surface area contributed by atoms with E-state index in [2.05, 4.69) is 15.3 Å². The smallest absolute Gasteiger partial charge is 0.271 e. The Morgan fingerprint density at radius 1 is 1.47 bits per heavy atom. The zero-order valence-corrected chi connectivity index (χ0v) is 8.77. The molecule has 82 valence electrons. The normalized spacial score (nSPS) is 9.93. The van der Waals surface area contributed by atoms with Crippen LogP contribution in [0.4, 0.5) is 0 Å². The monoisotopic (exact) mass is 209 g/mol. The van der Waals surface area contributed by atoms with E-state index < -0.39 is 0 Å². The van der Waals surface area contributed by atoms with E-state index in [1.165, 1.54) is 18.6 Å². The van der Waals surface area contributed by atoms with Crippen LogP contribution in [-0.4, -0.2) is 36.1 Å². The largest absolute Gasteiger partial charge is 0.385 e. The van der Waals surface area contributed by atoms with Gasteiger partial charge in [-0.2, -0.15) is 0 Å². The summed E-state index contributed by atoms with van der Waals surface area (Å²) in [6.07, 6.45) is 6.33. The molecule has 1 heterocycles. The summed E-state index contributed by atoms with van der Waals surface area (Å²) >= 11 is 0. The van der Waals surface area contributed by atoms with E-state index in [9.17, 15) is 4.79 Å². The maximum atomic E-state index is 11.4. The third-order valence-electron chi connectivity index (χ3n) is 1.86. The predicted octanol–water partition coefficient (Wildman–Crippen LogP) is 0.633. The number of ether oxygens (including phenoxy) is 1. The molecular weight excluding hydrogens is 194 g/mol. The Labute approximate surface area is 88.9 Å². The van der Waals surface area contributed by atoms with Gasteiger partial charge in [0.05, 0.1) is 6.20 Å². The van der Waals surface area contributed by atoms with Gasteiger partial charge in [-0.1, -0.05) is 0 Å². The Bertz CT molecular complexity index is 290.